The summed E-state index contributed by atoms with van der Waals surface area (Å²) >= 11 is 6.31. The minimum absolute atomic E-state index is 0.287. The van der Waals surface area contributed by atoms with E-state index in [9.17, 15) is 0 Å². The lowest BCUT2D eigenvalue weighted by Crippen LogP contribution is -2.19. The fourth-order valence-electron chi connectivity index (χ4n) is 2.03. The summed E-state index contributed by atoms with van der Waals surface area (Å²) < 4.78 is 5.75. The minimum atomic E-state index is 0.287. The van der Waals surface area contributed by atoms with Crippen molar-refractivity contribution in [2.45, 2.75) is 32.9 Å². The molecule has 4 heteroatoms. The quantitative estimate of drug-likeness (QED) is 0.824. The molecule has 0 aliphatic rings. The van der Waals surface area contributed by atoms with Gasteiger partial charge in [0.1, 0.15) is 12.4 Å². The monoisotopic (exact) mass is 304 g/mol. The lowest BCUT2D eigenvalue weighted by molar-refractivity contribution is 0.306. The second-order valence-corrected chi connectivity index (χ2v) is 5.42. The van der Waals surface area contributed by atoms with Gasteiger partial charge < -0.3 is 10.1 Å². The molecule has 0 spiro atoms. The molecule has 1 aromatic heterocycles. The number of hydrogen-bond acceptors (Lipinski definition) is 3. The third kappa shape index (κ3) is 4.73. The molecule has 1 heterocycles. The second-order valence-electron chi connectivity index (χ2n) is 5.02. The predicted octanol–water partition coefficient (Wildman–Crippen LogP) is 4.37. The lowest BCUT2D eigenvalue weighted by Gasteiger charge is -2.15. The fourth-order valence-corrected chi connectivity index (χ4v) is 2.27. The Bertz CT molecular complexity index is 560. The molecule has 1 unspecified atom stereocenters. The Labute approximate surface area is 131 Å². The summed E-state index contributed by atoms with van der Waals surface area (Å²) in [5.74, 6) is 0.701. The number of nitrogens with one attached hydrogen (secondary N) is 1. The van der Waals surface area contributed by atoms with E-state index in [-0.39, 0.29) is 6.04 Å². The molecule has 0 bridgehead atoms. The van der Waals surface area contributed by atoms with Gasteiger partial charge in [-0.1, -0.05) is 30.7 Å². The first-order valence-corrected chi connectivity index (χ1v) is 7.63. The van der Waals surface area contributed by atoms with Gasteiger partial charge in [0.25, 0.3) is 0 Å². The molecule has 1 aromatic carbocycles. The molecule has 0 saturated carbocycles. The van der Waals surface area contributed by atoms with E-state index in [0.29, 0.717) is 17.4 Å². The van der Waals surface area contributed by atoms with Crippen LogP contribution in [0.3, 0.4) is 0 Å². The average molecular weight is 305 g/mol. The van der Waals surface area contributed by atoms with Crippen molar-refractivity contribution < 1.29 is 4.74 Å². The molecule has 0 radical (unpaired) electrons. The van der Waals surface area contributed by atoms with E-state index in [4.69, 9.17) is 16.3 Å². The number of rotatable bonds is 7. The Kier molecular flexibility index (Phi) is 6.03. The topological polar surface area (TPSA) is 34.1 Å². The van der Waals surface area contributed by atoms with Crippen LogP contribution in [-0.4, -0.2) is 11.5 Å². The Morgan fingerprint density at radius 2 is 2.19 bits per heavy atom. The number of pyridine rings is 1. The molecular formula is C17H21ClN2O. The number of nitrogens with zero attached hydrogens (tertiary/aromatic N) is 1. The van der Waals surface area contributed by atoms with Crippen LogP contribution in [0.25, 0.3) is 0 Å². The Hall–Kier alpha value is -1.58. The van der Waals surface area contributed by atoms with Gasteiger partial charge in [0.15, 0.2) is 0 Å². The standard InChI is InChI=1S/C17H21ClN2O/c1-3-8-20-13(2)15-6-7-17(16(18)10-15)21-12-14-5-4-9-19-11-14/h4-7,9-11,13,20H,3,8,12H2,1-2H3. The summed E-state index contributed by atoms with van der Waals surface area (Å²) in [5.41, 5.74) is 2.19. The van der Waals surface area contributed by atoms with Crippen molar-refractivity contribution in [3.63, 3.8) is 0 Å². The first-order chi connectivity index (χ1) is 10.2. The SMILES string of the molecule is CCCNC(C)c1ccc(OCc2cccnc2)c(Cl)c1. The van der Waals surface area contributed by atoms with Gasteiger partial charge in [0.2, 0.25) is 0 Å². The van der Waals surface area contributed by atoms with Crippen molar-refractivity contribution in [3.8, 4) is 5.75 Å². The van der Waals surface area contributed by atoms with Crippen LogP contribution in [0, 0.1) is 0 Å². The van der Waals surface area contributed by atoms with E-state index in [1.807, 2.05) is 24.3 Å². The molecule has 1 atom stereocenters. The van der Waals surface area contributed by atoms with Crippen molar-refractivity contribution >= 4 is 11.6 Å². The van der Waals surface area contributed by atoms with Gasteiger partial charge in [0, 0.05) is 24.0 Å². The number of ether oxygens (including phenoxy) is 1. The molecule has 2 aromatic rings. The molecule has 112 valence electrons. The summed E-state index contributed by atoms with van der Waals surface area (Å²) in [6, 6.07) is 10.1. The maximum Gasteiger partial charge on any atom is 0.138 e. The number of hydrogen-bond donors (Lipinski definition) is 1. The van der Waals surface area contributed by atoms with Gasteiger partial charge >= 0.3 is 0 Å². The van der Waals surface area contributed by atoms with Crippen LogP contribution < -0.4 is 10.1 Å². The second kappa shape index (κ2) is 8.01. The Morgan fingerprint density at radius 3 is 2.86 bits per heavy atom. The van der Waals surface area contributed by atoms with Crippen LogP contribution in [0.5, 0.6) is 5.75 Å². The summed E-state index contributed by atoms with van der Waals surface area (Å²) in [6.45, 7) is 5.76. The van der Waals surface area contributed by atoms with Gasteiger partial charge in [-0.25, -0.2) is 0 Å². The normalized spacial score (nSPS) is 12.1. The number of halogens is 1. The van der Waals surface area contributed by atoms with E-state index in [1.165, 1.54) is 5.56 Å². The molecule has 2 rings (SSSR count). The fraction of sp³-hybridized carbons (Fsp3) is 0.353. The minimum Gasteiger partial charge on any atom is -0.487 e. The van der Waals surface area contributed by atoms with Crippen LogP contribution in [0.1, 0.15) is 37.4 Å². The van der Waals surface area contributed by atoms with Crippen LogP contribution in [0.4, 0.5) is 0 Å². The van der Waals surface area contributed by atoms with Gasteiger partial charge in [0.05, 0.1) is 5.02 Å². The molecule has 21 heavy (non-hydrogen) atoms. The molecular weight excluding hydrogens is 284 g/mol. The maximum absolute atomic E-state index is 6.31. The third-order valence-electron chi connectivity index (χ3n) is 3.27. The number of benzene rings is 1. The highest BCUT2D eigenvalue weighted by atomic mass is 35.5. The van der Waals surface area contributed by atoms with Crippen LogP contribution in [0.2, 0.25) is 5.02 Å². The summed E-state index contributed by atoms with van der Waals surface area (Å²) in [6.07, 6.45) is 4.65. The van der Waals surface area contributed by atoms with E-state index >= 15 is 0 Å². The molecule has 3 nitrogen and oxygen atoms in total. The van der Waals surface area contributed by atoms with Gasteiger partial charge in [-0.05, 0) is 43.7 Å². The molecule has 0 amide bonds. The van der Waals surface area contributed by atoms with Gasteiger partial charge in [-0.2, -0.15) is 0 Å². The zero-order chi connectivity index (χ0) is 15.1. The lowest BCUT2D eigenvalue weighted by atomic mass is 10.1. The van der Waals surface area contributed by atoms with E-state index in [1.54, 1.807) is 12.4 Å². The average Bonchev–Trinajstić information content (AvgIpc) is 2.52. The smallest absolute Gasteiger partial charge is 0.138 e. The summed E-state index contributed by atoms with van der Waals surface area (Å²) in [5, 5.41) is 4.09. The maximum atomic E-state index is 6.31. The first kappa shape index (κ1) is 15.8. The van der Waals surface area contributed by atoms with E-state index < -0.39 is 0 Å². The van der Waals surface area contributed by atoms with Crippen molar-refractivity contribution in [1.82, 2.24) is 10.3 Å². The molecule has 0 fully saturated rings. The van der Waals surface area contributed by atoms with Crippen LogP contribution >= 0.6 is 11.6 Å². The largest absolute Gasteiger partial charge is 0.487 e. The van der Waals surface area contributed by atoms with Crippen molar-refractivity contribution in [2.24, 2.45) is 0 Å². The molecule has 0 aliphatic heterocycles. The summed E-state index contributed by atoms with van der Waals surface area (Å²) in [4.78, 5) is 4.06. The highest BCUT2D eigenvalue weighted by Gasteiger charge is 2.08. The first-order valence-electron chi connectivity index (χ1n) is 7.25. The Balaban J connectivity index is 1.99. The van der Waals surface area contributed by atoms with Crippen molar-refractivity contribution in [2.75, 3.05) is 6.54 Å². The van der Waals surface area contributed by atoms with Gasteiger partial charge in [-0.15, -0.1) is 0 Å². The van der Waals surface area contributed by atoms with Crippen molar-refractivity contribution in [3.05, 3.63) is 58.9 Å². The third-order valence-corrected chi connectivity index (χ3v) is 3.57. The van der Waals surface area contributed by atoms with Gasteiger partial charge in [-0.3, -0.25) is 4.98 Å². The highest BCUT2D eigenvalue weighted by molar-refractivity contribution is 6.32. The van der Waals surface area contributed by atoms with Crippen LogP contribution in [-0.2, 0) is 6.61 Å². The van der Waals surface area contributed by atoms with E-state index in [0.717, 1.165) is 18.5 Å². The molecule has 0 saturated heterocycles. The number of aromatic nitrogens is 1. The van der Waals surface area contributed by atoms with Crippen LogP contribution in [0.15, 0.2) is 42.7 Å². The summed E-state index contributed by atoms with van der Waals surface area (Å²) in [7, 11) is 0. The Morgan fingerprint density at radius 1 is 1.33 bits per heavy atom. The van der Waals surface area contributed by atoms with Crippen molar-refractivity contribution in [1.29, 1.82) is 0 Å². The molecule has 0 aliphatic carbocycles. The highest BCUT2D eigenvalue weighted by Crippen LogP contribution is 2.28. The zero-order valence-electron chi connectivity index (χ0n) is 12.5. The van der Waals surface area contributed by atoms with E-state index in [2.05, 4.69) is 30.2 Å². The zero-order valence-corrected chi connectivity index (χ0v) is 13.2. The predicted molar refractivity (Wildman–Crippen MR) is 86.7 cm³/mol. The molecule has 1 N–H and O–H groups in total.